The largest absolute Gasteiger partial charge is 0.355 e. The first kappa shape index (κ1) is 20.1. The van der Waals surface area contributed by atoms with Gasteiger partial charge in [-0.2, -0.15) is 0 Å². The molecule has 1 heterocycles. The Labute approximate surface area is 168 Å². The van der Waals surface area contributed by atoms with Gasteiger partial charge in [0.25, 0.3) is 0 Å². The number of halogens is 1. The smallest absolute Gasteiger partial charge is 0.233 e. The zero-order chi connectivity index (χ0) is 19.9. The van der Waals surface area contributed by atoms with E-state index >= 15 is 0 Å². The van der Waals surface area contributed by atoms with Gasteiger partial charge in [-0.25, -0.2) is 9.37 Å². The van der Waals surface area contributed by atoms with Gasteiger partial charge >= 0.3 is 0 Å². The Morgan fingerprint density at radius 1 is 1.18 bits per heavy atom. The Morgan fingerprint density at radius 2 is 1.89 bits per heavy atom. The highest BCUT2D eigenvalue weighted by Crippen LogP contribution is 2.24. The molecule has 146 valence electrons. The molecule has 0 saturated carbocycles. The molecule has 0 radical (unpaired) electrons. The van der Waals surface area contributed by atoms with E-state index in [1.165, 1.54) is 23.4 Å². The van der Waals surface area contributed by atoms with Gasteiger partial charge < -0.3 is 5.32 Å². The fourth-order valence-electron chi connectivity index (χ4n) is 2.88. The minimum Gasteiger partial charge on any atom is -0.355 e. The summed E-state index contributed by atoms with van der Waals surface area (Å²) in [5, 5.41) is 9.89. The lowest BCUT2D eigenvalue weighted by Gasteiger charge is -2.17. The van der Waals surface area contributed by atoms with E-state index in [0.717, 1.165) is 6.42 Å². The number of hydrogen-bond acceptors (Lipinski definition) is 4. The van der Waals surface area contributed by atoms with Crippen molar-refractivity contribution in [3.05, 3.63) is 66.0 Å². The molecule has 3 rings (SSSR count). The minimum absolute atomic E-state index is 0.0726. The van der Waals surface area contributed by atoms with Crippen molar-refractivity contribution in [3.63, 3.8) is 0 Å². The first-order valence-electron chi connectivity index (χ1n) is 9.25. The third-order valence-corrected chi connectivity index (χ3v) is 5.49. The van der Waals surface area contributed by atoms with Crippen LogP contribution in [-0.2, 0) is 4.79 Å². The predicted octanol–water partition coefficient (Wildman–Crippen LogP) is 4.40. The molecular weight excluding hydrogens is 375 g/mol. The van der Waals surface area contributed by atoms with Crippen molar-refractivity contribution < 1.29 is 9.18 Å². The quantitative estimate of drug-likeness (QED) is 0.552. The molecule has 0 aliphatic carbocycles. The van der Waals surface area contributed by atoms with E-state index in [0.29, 0.717) is 23.1 Å². The van der Waals surface area contributed by atoms with Crippen LogP contribution in [0.5, 0.6) is 0 Å². The van der Waals surface area contributed by atoms with Gasteiger partial charge in [-0.05, 0) is 31.0 Å². The van der Waals surface area contributed by atoms with Crippen LogP contribution in [0.4, 0.5) is 4.39 Å². The van der Waals surface area contributed by atoms with Crippen LogP contribution in [0.1, 0.15) is 31.7 Å². The van der Waals surface area contributed by atoms with Crippen LogP contribution in [0.25, 0.3) is 11.4 Å². The number of nitrogens with one attached hydrogen (secondary N) is 2. The molecule has 2 N–H and O–H groups in total. The van der Waals surface area contributed by atoms with Crippen LogP contribution in [0.2, 0.25) is 0 Å². The molecule has 0 aliphatic rings. The number of nitrogens with zero attached hydrogens (tertiary/aromatic N) is 2. The third-order valence-electron chi connectivity index (χ3n) is 4.53. The molecule has 1 amide bonds. The molecule has 0 fully saturated rings. The summed E-state index contributed by atoms with van der Waals surface area (Å²) in [5.41, 5.74) is 1.57. The topological polar surface area (TPSA) is 70.7 Å². The zero-order valence-electron chi connectivity index (χ0n) is 15.9. The summed E-state index contributed by atoms with van der Waals surface area (Å²) >= 11 is 1.24. The highest BCUT2D eigenvalue weighted by molar-refractivity contribution is 8.00. The van der Waals surface area contributed by atoms with Crippen LogP contribution < -0.4 is 5.32 Å². The van der Waals surface area contributed by atoms with E-state index in [2.05, 4.69) is 39.6 Å². The SMILES string of the molecule is CC[C@H](CNC(=O)[C@@H](C)Sc1n[nH]c(-c2ccccc2F)n1)c1ccccc1. The second-order valence-corrected chi connectivity index (χ2v) is 7.78. The van der Waals surface area contributed by atoms with Crippen molar-refractivity contribution in [2.45, 2.75) is 36.6 Å². The summed E-state index contributed by atoms with van der Waals surface area (Å²) in [6, 6.07) is 16.5. The number of benzene rings is 2. The number of carbonyl (C=O) groups excluding carboxylic acids is 1. The standard InChI is InChI=1S/C21H23FN4OS/c1-3-15(16-9-5-4-6-10-16)13-23-20(27)14(2)28-21-24-19(25-26-21)17-11-7-8-12-18(17)22/h4-12,14-15H,3,13H2,1-2H3,(H,23,27)(H,24,25,26)/t14-,15-/m1/s1. The number of aromatic nitrogens is 3. The van der Waals surface area contributed by atoms with Gasteiger partial charge in [-0.3, -0.25) is 9.89 Å². The van der Waals surface area contributed by atoms with Gasteiger partial charge in [0.05, 0.1) is 10.8 Å². The van der Waals surface area contributed by atoms with Crippen molar-refractivity contribution in [2.24, 2.45) is 0 Å². The van der Waals surface area contributed by atoms with Crippen LogP contribution in [-0.4, -0.2) is 32.9 Å². The summed E-state index contributed by atoms with van der Waals surface area (Å²) in [4.78, 5) is 16.8. The van der Waals surface area contributed by atoms with Crippen molar-refractivity contribution in [2.75, 3.05) is 6.54 Å². The second-order valence-electron chi connectivity index (χ2n) is 6.47. The van der Waals surface area contributed by atoms with Crippen LogP contribution in [0.15, 0.2) is 59.8 Å². The molecule has 0 spiro atoms. The Kier molecular flexibility index (Phi) is 6.81. The van der Waals surface area contributed by atoms with Crippen LogP contribution >= 0.6 is 11.8 Å². The minimum atomic E-state index is -0.368. The summed E-state index contributed by atoms with van der Waals surface area (Å²) in [6.07, 6.45) is 0.943. The number of amides is 1. The second kappa shape index (κ2) is 9.50. The number of carbonyl (C=O) groups is 1. The predicted molar refractivity (Wildman–Crippen MR) is 110 cm³/mol. The monoisotopic (exact) mass is 398 g/mol. The van der Waals surface area contributed by atoms with E-state index in [4.69, 9.17) is 0 Å². The molecule has 3 aromatic rings. The summed E-state index contributed by atoms with van der Waals surface area (Å²) < 4.78 is 13.9. The molecular formula is C21H23FN4OS. The third kappa shape index (κ3) is 4.98. The molecule has 0 bridgehead atoms. The fraction of sp³-hybridized carbons (Fsp3) is 0.286. The van der Waals surface area contributed by atoms with E-state index < -0.39 is 0 Å². The summed E-state index contributed by atoms with van der Waals surface area (Å²) in [7, 11) is 0. The van der Waals surface area contributed by atoms with E-state index in [1.807, 2.05) is 25.1 Å². The van der Waals surface area contributed by atoms with E-state index in [-0.39, 0.29) is 22.9 Å². The number of hydrogen-bond donors (Lipinski definition) is 2. The summed E-state index contributed by atoms with van der Waals surface area (Å²) in [5.74, 6) is 0.186. The highest BCUT2D eigenvalue weighted by atomic mass is 32.2. The van der Waals surface area contributed by atoms with E-state index in [1.54, 1.807) is 18.2 Å². The first-order chi connectivity index (χ1) is 13.6. The molecule has 0 aliphatic heterocycles. The molecule has 0 unspecified atom stereocenters. The number of aromatic amines is 1. The van der Waals surface area contributed by atoms with E-state index in [9.17, 15) is 9.18 Å². The number of H-pyrrole nitrogens is 1. The average Bonchev–Trinajstić information content (AvgIpc) is 3.17. The van der Waals surface area contributed by atoms with Crippen molar-refractivity contribution >= 4 is 17.7 Å². The van der Waals surface area contributed by atoms with Crippen LogP contribution in [0.3, 0.4) is 0 Å². The van der Waals surface area contributed by atoms with Gasteiger partial charge in [0.15, 0.2) is 5.82 Å². The normalized spacial score (nSPS) is 13.1. The molecule has 2 atom stereocenters. The van der Waals surface area contributed by atoms with Gasteiger partial charge in [-0.1, -0.05) is 61.2 Å². The average molecular weight is 399 g/mol. The highest BCUT2D eigenvalue weighted by Gasteiger charge is 2.19. The van der Waals surface area contributed by atoms with Crippen molar-refractivity contribution in [1.29, 1.82) is 0 Å². The van der Waals surface area contributed by atoms with Gasteiger partial charge in [-0.15, -0.1) is 5.10 Å². The molecule has 28 heavy (non-hydrogen) atoms. The Balaban J connectivity index is 1.57. The number of thioether (sulfide) groups is 1. The van der Waals surface area contributed by atoms with Gasteiger partial charge in [0, 0.05) is 12.5 Å². The summed E-state index contributed by atoms with van der Waals surface area (Å²) in [6.45, 7) is 4.50. The van der Waals surface area contributed by atoms with Gasteiger partial charge in [0.2, 0.25) is 11.1 Å². The maximum absolute atomic E-state index is 13.9. The van der Waals surface area contributed by atoms with Crippen molar-refractivity contribution in [3.8, 4) is 11.4 Å². The maximum atomic E-state index is 13.9. The number of rotatable bonds is 8. The lowest BCUT2D eigenvalue weighted by atomic mass is 9.96. The fourth-order valence-corrected chi connectivity index (χ4v) is 3.62. The lowest BCUT2D eigenvalue weighted by Crippen LogP contribution is -2.34. The molecule has 1 aromatic heterocycles. The maximum Gasteiger partial charge on any atom is 0.233 e. The molecule has 2 aromatic carbocycles. The van der Waals surface area contributed by atoms with Crippen LogP contribution in [0, 0.1) is 5.82 Å². The lowest BCUT2D eigenvalue weighted by molar-refractivity contribution is -0.120. The van der Waals surface area contributed by atoms with Crippen molar-refractivity contribution in [1.82, 2.24) is 20.5 Å². The Bertz CT molecular complexity index is 916. The zero-order valence-corrected chi connectivity index (χ0v) is 16.7. The Morgan fingerprint density at radius 3 is 2.61 bits per heavy atom. The van der Waals surface area contributed by atoms with Gasteiger partial charge in [0.1, 0.15) is 5.82 Å². The molecule has 0 saturated heterocycles. The molecule has 7 heteroatoms. The Hall–Kier alpha value is -2.67. The molecule has 5 nitrogen and oxygen atoms in total. The first-order valence-corrected chi connectivity index (χ1v) is 10.1.